The standard InChI is InChI=1S/C25H28N4O2S2/c1-28(2)9-8-26-17-6-7-21-23(14-17)32-22-5-3-4-19(25(22)33-21)20-15-18(16-24(30)27-20)29-10-12-31-13-11-29/h3-7,14-16,26H,8-13H2,1-2H3,(H,27,30). The van der Waals surface area contributed by atoms with Gasteiger partial charge in [-0.1, -0.05) is 35.7 Å². The highest BCUT2D eigenvalue weighted by atomic mass is 32.2. The van der Waals surface area contributed by atoms with E-state index in [1.807, 2.05) is 0 Å². The van der Waals surface area contributed by atoms with Crippen molar-refractivity contribution in [3.8, 4) is 11.3 Å². The van der Waals surface area contributed by atoms with Crippen molar-refractivity contribution < 1.29 is 4.74 Å². The topological polar surface area (TPSA) is 60.6 Å². The van der Waals surface area contributed by atoms with Gasteiger partial charge in [-0.2, -0.15) is 0 Å². The molecular weight excluding hydrogens is 452 g/mol. The fraction of sp³-hybridized carbons (Fsp3) is 0.320. The van der Waals surface area contributed by atoms with E-state index in [9.17, 15) is 4.79 Å². The molecule has 2 aliphatic rings. The number of nitrogens with zero attached hydrogens (tertiary/aromatic N) is 2. The number of nitrogens with one attached hydrogen (secondary N) is 2. The second-order valence-corrected chi connectivity index (χ2v) is 10.6. The van der Waals surface area contributed by atoms with Crippen LogP contribution in [0.5, 0.6) is 0 Å². The molecule has 3 heterocycles. The van der Waals surface area contributed by atoms with Crippen molar-refractivity contribution in [3.05, 3.63) is 58.9 Å². The van der Waals surface area contributed by atoms with Crippen molar-refractivity contribution in [1.29, 1.82) is 0 Å². The molecule has 1 saturated heterocycles. The van der Waals surface area contributed by atoms with Crippen LogP contribution in [-0.4, -0.2) is 63.4 Å². The predicted octanol–water partition coefficient (Wildman–Crippen LogP) is 4.47. The van der Waals surface area contributed by atoms with Gasteiger partial charge in [0.25, 0.3) is 0 Å². The van der Waals surface area contributed by atoms with Crippen LogP contribution < -0.4 is 15.8 Å². The van der Waals surface area contributed by atoms with Crippen LogP contribution in [0.1, 0.15) is 0 Å². The van der Waals surface area contributed by atoms with Gasteiger partial charge in [-0.3, -0.25) is 4.79 Å². The first kappa shape index (κ1) is 22.4. The Morgan fingerprint density at radius 2 is 1.88 bits per heavy atom. The SMILES string of the molecule is CN(C)CCNc1ccc2c(c1)Sc1cccc(-c3cc(N4CCOCC4)cc(=O)[nH]3)c1S2. The monoisotopic (exact) mass is 480 g/mol. The fourth-order valence-corrected chi connectivity index (χ4v) is 6.44. The number of pyridine rings is 1. The number of ether oxygens (including phenoxy) is 1. The molecule has 0 amide bonds. The van der Waals surface area contributed by atoms with Crippen molar-refractivity contribution in [2.24, 2.45) is 0 Å². The van der Waals surface area contributed by atoms with E-state index >= 15 is 0 Å². The van der Waals surface area contributed by atoms with Crippen LogP contribution in [0.2, 0.25) is 0 Å². The molecule has 0 atom stereocenters. The highest BCUT2D eigenvalue weighted by Gasteiger charge is 2.22. The summed E-state index contributed by atoms with van der Waals surface area (Å²) >= 11 is 3.57. The Labute approximate surface area is 202 Å². The molecule has 1 fully saturated rings. The molecule has 0 bridgehead atoms. The van der Waals surface area contributed by atoms with Gasteiger partial charge in [0.2, 0.25) is 5.56 Å². The van der Waals surface area contributed by atoms with Gasteiger partial charge in [0.05, 0.1) is 18.9 Å². The van der Waals surface area contributed by atoms with Crippen LogP contribution in [0.15, 0.2) is 72.9 Å². The molecule has 6 nitrogen and oxygen atoms in total. The van der Waals surface area contributed by atoms with Gasteiger partial charge in [-0.05, 0) is 44.4 Å². The Morgan fingerprint density at radius 1 is 1.03 bits per heavy atom. The second kappa shape index (κ2) is 9.85. The molecule has 1 aromatic heterocycles. The first-order valence-corrected chi connectivity index (χ1v) is 12.8. The molecule has 2 aliphatic heterocycles. The summed E-state index contributed by atoms with van der Waals surface area (Å²) in [5.74, 6) is 0. The fourth-order valence-electron chi connectivity index (χ4n) is 4.03. The third kappa shape index (κ3) is 5.09. The van der Waals surface area contributed by atoms with Crippen LogP contribution in [0.3, 0.4) is 0 Å². The summed E-state index contributed by atoms with van der Waals surface area (Å²) in [4.78, 5) is 24.9. The zero-order valence-electron chi connectivity index (χ0n) is 18.9. The third-order valence-corrected chi connectivity index (χ3v) is 8.33. The molecule has 0 aliphatic carbocycles. The molecule has 8 heteroatoms. The Kier molecular flexibility index (Phi) is 6.69. The van der Waals surface area contributed by atoms with E-state index in [4.69, 9.17) is 4.74 Å². The highest BCUT2D eigenvalue weighted by Crippen LogP contribution is 2.52. The van der Waals surface area contributed by atoms with Crippen LogP contribution in [0.4, 0.5) is 11.4 Å². The lowest BCUT2D eigenvalue weighted by Crippen LogP contribution is -2.36. The van der Waals surface area contributed by atoms with E-state index in [1.165, 1.54) is 19.6 Å². The largest absolute Gasteiger partial charge is 0.384 e. The molecule has 0 unspecified atom stereocenters. The molecule has 0 radical (unpaired) electrons. The zero-order valence-corrected chi connectivity index (χ0v) is 20.5. The van der Waals surface area contributed by atoms with Gasteiger partial charge in [0.1, 0.15) is 0 Å². The van der Waals surface area contributed by atoms with E-state index in [0.717, 1.165) is 48.8 Å². The van der Waals surface area contributed by atoms with Crippen molar-refractivity contribution in [3.63, 3.8) is 0 Å². The predicted molar refractivity (Wildman–Crippen MR) is 137 cm³/mol. The third-order valence-electron chi connectivity index (χ3n) is 5.74. The zero-order chi connectivity index (χ0) is 22.8. The molecule has 172 valence electrons. The number of hydrogen-bond donors (Lipinski definition) is 2. The summed E-state index contributed by atoms with van der Waals surface area (Å²) in [5.41, 5.74) is 3.95. The Balaban J connectivity index is 1.43. The number of aromatic nitrogens is 1. The minimum atomic E-state index is -0.0751. The first-order chi connectivity index (χ1) is 16.1. The number of fused-ring (bicyclic) bond motifs is 2. The smallest absolute Gasteiger partial charge is 0.250 e. The number of hydrogen-bond acceptors (Lipinski definition) is 7. The number of morpholine rings is 1. The average Bonchev–Trinajstić information content (AvgIpc) is 2.82. The first-order valence-electron chi connectivity index (χ1n) is 11.2. The molecule has 0 saturated carbocycles. The van der Waals surface area contributed by atoms with Crippen LogP contribution >= 0.6 is 23.5 Å². The van der Waals surface area contributed by atoms with Gasteiger partial charge in [-0.25, -0.2) is 0 Å². The summed E-state index contributed by atoms with van der Waals surface area (Å²) in [6, 6.07) is 16.7. The minimum absolute atomic E-state index is 0.0751. The summed E-state index contributed by atoms with van der Waals surface area (Å²) in [5, 5.41) is 3.51. The van der Waals surface area contributed by atoms with Crippen molar-refractivity contribution in [1.82, 2.24) is 9.88 Å². The average molecular weight is 481 g/mol. The summed E-state index contributed by atoms with van der Waals surface area (Å²) < 4.78 is 5.47. The lowest BCUT2D eigenvalue weighted by atomic mass is 10.1. The number of anilines is 2. The van der Waals surface area contributed by atoms with E-state index in [0.29, 0.717) is 13.2 Å². The van der Waals surface area contributed by atoms with Gasteiger partial charge in [0.15, 0.2) is 0 Å². The molecule has 3 aromatic rings. The van der Waals surface area contributed by atoms with Crippen LogP contribution in [0.25, 0.3) is 11.3 Å². The second-order valence-electron chi connectivity index (χ2n) is 8.44. The highest BCUT2D eigenvalue weighted by molar-refractivity contribution is 8.05. The number of likely N-dealkylation sites (N-methyl/N-ethyl adjacent to an activating group) is 1. The van der Waals surface area contributed by atoms with Gasteiger partial charge >= 0.3 is 0 Å². The van der Waals surface area contributed by atoms with Crippen molar-refractivity contribution >= 4 is 34.9 Å². The molecule has 5 rings (SSSR count). The molecular formula is C25H28N4O2S2. The van der Waals surface area contributed by atoms with E-state index < -0.39 is 0 Å². The number of H-pyrrole nitrogens is 1. The van der Waals surface area contributed by atoms with Gasteiger partial charge < -0.3 is 24.8 Å². The van der Waals surface area contributed by atoms with Crippen molar-refractivity contribution in [2.45, 2.75) is 19.6 Å². The normalized spacial score (nSPS) is 15.3. The Hall–Kier alpha value is -2.39. The van der Waals surface area contributed by atoms with E-state index in [1.54, 1.807) is 29.6 Å². The van der Waals surface area contributed by atoms with Crippen LogP contribution in [0, 0.1) is 0 Å². The Bertz CT molecular complexity index is 1210. The summed E-state index contributed by atoms with van der Waals surface area (Å²) in [6.45, 7) is 4.90. The van der Waals surface area contributed by atoms with Gasteiger partial charge in [0, 0.05) is 68.8 Å². The molecule has 2 aromatic carbocycles. The quantitative estimate of drug-likeness (QED) is 0.422. The lowest BCUT2D eigenvalue weighted by molar-refractivity contribution is 0.122. The molecule has 2 N–H and O–H groups in total. The Morgan fingerprint density at radius 3 is 2.70 bits per heavy atom. The maximum Gasteiger partial charge on any atom is 0.250 e. The van der Waals surface area contributed by atoms with E-state index in [-0.39, 0.29) is 5.56 Å². The maximum absolute atomic E-state index is 12.5. The van der Waals surface area contributed by atoms with E-state index in [2.05, 4.69) is 76.7 Å². The van der Waals surface area contributed by atoms with Crippen LogP contribution in [-0.2, 0) is 4.74 Å². The summed E-state index contributed by atoms with van der Waals surface area (Å²) in [6.07, 6.45) is 0. The maximum atomic E-state index is 12.5. The van der Waals surface area contributed by atoms with Crippen molar-refractivity contribution in [2.75, 3.05) is 63.7 Å². The minimum Gasteiger partial charge on any atom is -0.384 e. The molecule has 0 spiro atoms. The van der Waals surface area contributed by atoms with Gasteiger partial charge in [-0.15, -0.1) is 0 Å². The number of aromatic amines is 1. The summed E-state index contributed by atoms with van der Waals surface area (Å²) in [7, 11) is 4.17. The number of benzene rings is 2. The molecule has 33 heavy (non-hydrogen) atoms. The number of rotatable bonds is 6. The lowest BCUT2D eigenvalue weighted by Gasteiger charge is -2.29.